The van der Waals surface area contributed by atoms with Crippen molar-refractivity contribution in [2.45, 2.75) is 70.0 Å². The number of carbonyl (C=O) groups is 1. The van der Waals surface area contributed by atoms with E-state index in [4.69, 9.17) is 0 Å². The van der Waals surface area contributed by atoms with E-state index in [0.717, 1.165) is 43.6 Å². The minimum atomic E-state index is -0.322. The molecular weight excluding hydrogens is 390 g/mol. The van der Waals surface area contributed by atoms with Gasteiger partial charge < -0.3 is 26.0 Å². The molecule has 0 radical (unpaired) electrons. The van der Waals surface area contributed by atoms with Gasteiger partial charge in [0.15, 0.2) is 11.6 Å². The van der Waals surface area contributed by atoms with E-state index in [9.17, 15) is 9.90 Å². The van der Waals surface area contributed by atoms with Crippen molar-refractivity contribution < 1.29 is 9.90 Å². The Morgan fingerprint density at radius 3 is 2.65 bits per heavy atom. The van der Waals surface area contributed by atoms with Crippen LogP contribution in [0.15, 0.2) is 42.9 Å². The predicted molar refractivity (Wildman–Crippen MR) is 125 cm³/mol. The van der Waals surface area contributed by atoms with Gasteiger partial charge in [-0.25, -0.2) is 4.98 Å². The third-order valence-electron chi connectivity index (χ3n) is 6.73. The highest BCUT2D eigenvalue weighted by Crippen LogP contribution is 2.34. The Kier molecular flexibility index (Phi) is 7.96. The number of hydrogen-bond acceptors (Lipinski definition) is 6. The zero-order valence-corrected chi connectivity index (χ0v) is 18.9. The maximum absolute atomic E-state index is 13.1. The SMILES string of the molecule is C=C(N[C@H](C(=C)N1CCC[C@H]1C(=O)Nc1ncccc1O)C1CCCCC1)[C@H](C)NC. The molecule has 1 amide bonds. The van der Waals surface area contributed by atoms with Gasteiger partial charge in [0.2, 0.25) is 5.91 Å². The number of amides is 1. The molecule has 170 valence electrons. The quantitative estimate of drug-likeness (QED) is 0.483. The lowest BCUT2D eigenvalue weighted by Crippen LogP contribution is -2.49. The van der Waals surface area contributed by atoms with Crippen LogP contribution in [0.2, 0.25) is 0 Å². The van der Waals surface area contributed by atoms with Crippen LogP contribution in [-0.2, 0) is 4.79 Å². The molecule has 2 heterocycles. The lowest BCUT2D eigenvalue weighted by molar-refractivity contribution is -0.120. The van der Waals surface area contributed by atoms with Crippen LogP contribution in [0.1, 0.15) is 51.9 Å². The van der Waals surface area contributed by atoms with Gasteiger partial charge in [0.1, 0.15) is 6.04 Å². The molecule has 7 heteroatoms. The molecule has 0 bridgehead atoms. The molecule has 0 aromatic carbocycles. The number of nitrogens with one attached hydrogen (secondary N) is 3. The highest BCUT2D eigenvalue weighted by molar-refractivity contribution is 5.95. The first-order valence-corrected chi connectivity index (χ1v) is 11.4. The highest BCUT2D eigenvalue weighted by atomic mass is 16.3. The Bertz CT molecular complexity index is 790. The van der Waals surface area contributed by atoms with E-state index in [2.05, 4.69) is 45.9 Å². The number of carbonyl (C=O) groups excluding carboxylic acids is 1. The van der Waals surface area contributed by atoms with Gasteiger partial charge >= 0.3 is 0 Å². The summed E-state index contributed by atoms with van der Waals surface area (Å²) in [5.74, 6) is 0.491. The average molecular weight is 428 g/mol. The molecule has 1 saturated carbocycles. The monoisotopic (exact) mass is 427 g/mol. The summed E-state index contributed by atoms with van der Waals surface area (Å²) >= 11 is 0. The number of nitrogens with zero attached hydrogens (tertiary/aromatic N) is 2. The summed E-state index contributed by atoms with van der Waals surface area (Å²) < 4.78 is 0. The summed E-state index contributed by atoms with van der Waals surface area (Å²) in [5.41, 5.74) is 1.90. The highest BCUT2D eigenvalue weighted by Gasteiger charge is 2.37. The zero-order valence-electron chi connectivity index (χ0n) is 18.9. The molecule has 1 aliphatic heterocycles. The van der Waals surface area contributed by atoms with Crippen LogP contribution >= 0.6 is 0 Å². The molecule has 2 aliphatic rings. The number of rotatable bonds is 9. The maximum atomic E-state index is 13.1. The van der Waals surface area contributed by atoms with Gasteiger partial charge in [0, 0.05) is 30.2 Å². The maximum Gasteiger partial charge on any atom is 0.248 e. The molecule has 31 heavy (non-hydrogen) atoms. The van der Waals surface area contributed by atoms with Gasteiger partial charge in [0.25, 0.3) is 0 Å². The van der Waals surface area contributed by atoms with Gasteiger partial charge in [-0.3, -0.25) is 4.79 Å². The summed E-state index contributed by atoms with van der Waals surface area (Å²) in [7, 11) is 1.93. The fraction of sp³-hybridized carbons (Fsp3) is 0.583. The molecule has 1 aliphatic carbocycles. The standard InChI is InChI=1S/C24H37N5O2/c1-16(25-4)17(2)27-22(19-10-6-5-7-11-19)18(3)29-15-9-12-20(29)24(31)28-23-21(30)13-8-14-26-23/h8,13-14,16,19-20,22,25,27,30H,2-3,5-7,9-12,15H2,1,4H3,(H,26,28,31)/t16-,20-,22+/m0/s1. The van der Waals surface area contributed by atoms with E-state index in [0.29, 0.717) is 5.92 Å². The smallest absolute Gasteiger partial charge is 0.248 e. The van der Waals surface area contributed by atoms with Gasteiger partial charge in [-0.15, -0.1) is 0 Å². The summed E-state index contributed by atoms with van der Waals surface area (Å²) in [6, 6.07) is 3.03. The fourth-order valence-electron chi connectivity index (χ4n) is 4.69. The van der Waals surface area contributed by atoms with Crippen LogP contribution in [-0.4, -0.2) is 52.6 Å². The minimum Gasteiger partial charge on any atom is -0.504 e. The van der Waals surface area contributed by atoms with Crippen molar-refractivity contribution in [3.05, 3.63) is 42.9 Å². The van der Waals surface area contributed by atoms with Crippen molar-refractivity contribution in [3.63, 3.8) is 0 Å². The second-order valence-electron chi connectivity index (χ2n) is 8.76. The van der Waals surface area contributed by atoms with Gasteiger partial charge in [-0.1, -0.05) is 32.4 Å². The molecular formula is C24H37N5O2. The van der Waals surface area contributed by atoms with Crippen LogP contribution in [0.25, 0.3) is 0 Å². The molecule has 4 N–H and O–H groups in total. The van der Waals surface area contributed by atoms with Crippen LogP contribution < -0.4 is 16.0 Å². The van der Waals surface area contributed by atoms with E-state index in [1.807, 2.05) is 7.05 Å². The van der Waals surface area contributed by atoms with Crippen molar-refractivity contribution >= 4 is 11.7 Å². The molecule has 1 aromatic heterocycles. The van der Waals surface area contributed by atoms with Crippen molar-refractivity contribution in [3.8, 4) is 5.75 Å². The van der Waals surface area contributed by atoms with E-state index < -0.39 is 0 Å². The van der Waals surface area contributed by atoms with Crippen molar-refractivity contribution in [1.29, 1.82) is 0 Å². The Morgan fingerprint density at radius 1 is 1.23 bits per heavy atom. The summed E-state index contributed by atoms with van der Waals surface area (Å²) in [6.07, 6.45) is 9.29. The van der Waals surface area contributed by atoms with Crippen molar-refractivity contribution in [1.82, 2.24) is 20.5 Å². The summed E-state index contributed by atoms with van der Waals surface area (Å²) in [5, 5.41) is 19.7. The Labute approximate surface area is 186 Å². The third-order valence-corrected chi connectivity index (χ3v) is 6.73. The lowest BCUT2D eigenvalue weighted by atomic mass is 9.82. The normalized spacial score (nSPS) is 21.4. The molecule has 0 unspecified atom stereocenters. The van der Waals surface area contributed by atoms with Crippen LogP contribution in [0.4, 0.5) is 5.82 Å². The van der Waals surface area contributed by atoms with E-state index in [1.165, 1.54) is 25.3 Å². The number of anilines is 1. The lowest BCUT2D eigenvalue weighted by Gasteiger charge is -2.39. The van der Waals surface area contributed by atoms with Gasteiger partial charge in [-0.2, -0.15) is 0 Å². The Hall–Kier alpha value is -2.54. The number of aromatic nitrogens is 1. The number of aromatic hydroxyl groups is 1. The van der Waals surface area contributed by atoms with Gasteiger partial charge in [0.05, 0.1) is 6.04 Å². The predicted octanol–water partition coefficient (Wildman–Crippen LogP) is 3.36. The molecule has 3 atom stereocenters. The second kappa shape index (κ2) is 10.7. The van der Waals surface area contributed by atoms with Crippen LogP contribution in [0, 0.1) is 5.92 Å². The van der Waals surface area contributed by atoms with Gasteiger partial charge in [-0.05, 0) is 57.7 Å². The zero-order chi connectivity index (χ0) is 22.4. The molecule has 3 rings (SSSR count). The molecule has 1 saturated heterocycles. The van der Waals surface area contributed by atoms with Crippen molar-refractivity contribution in [2.24, 2.45) is 5.92 Å². The second-order valence-corrected chi connectivity index (χ2v) is 8.76. The van der Waals surface area contributed by atoms with E-state index >= 15 is 0 Å². The molecule has 2 fully saturated rings. The Balaban J connectivity index is 1.75. The average Bonchev–Trinajstić information content (AvgIpc) is 3.28. The van der Waals surface area contributed by atoms with Crippen LogP contribution in [0.5, 0.6) is 5.75 Å². The number of hydrogen-bond donors (Lipinski definition) is 4. The Morgan fingerprint density at radius 2 is 1.97 bits per heavy atom. The summed E-state index contributed by atoms with van der Waals surface area (Å²) in [4.78, 5) is 19.3. The number of likely N-dealkylation sites (N-methyl/N-ethyl adjacent to an activating group) is 1. The first-order chi connectivity index (χ1) is 14.9. The fourth-order valence-corrected chi connectivity index (χ4v) is 4.69. The topological polar surface area (TPSA) is 89.5 Å². The first-order valence-electron chi connectivity index (χ1n) is 11.4. The number of likely N-dealkylation sites (tertiary alicyclic amines) is 1. The van der Waals surface area contributed by atoms with E-state index in [-0.39, 0.29) is 35.6 Å². The van der Waals surface area contributed by atoms with E-state index in [1.54, 1.807) is 12.3 Å². The molecule has 0 spiro atoms. The van der Waals surface area contributed by atoms with Crippen LogP contribution in [0.3, 0.4) is 0 Å². The largest absolute Gasteiger partial charge is 0.504 e. The molecule has 1 aromatic rings. The minimum absolute atomic E-state index is 0.0293. The van der Waals surface area contributed by atoms with Crippen molar-refractivity contribution in [2.75, 3.05) is 18.9 Å². The number of pyridine rings is 1. The third kappa shape index (κ3) is 5.58. The first kappa shape index (κ1) is 23.1. The summed E-state index contributed by atoms with van der Waals surface area (Å²) in [6.45, 7) is 11.6. The molecule has 7 nitrogen and oxygen atoms in total.